The maximum absolute atomic E-state index is 2.63. The molecular weight excluding hydrogens is 99.0 g/mol. The fourth-order valence-electron chi connectivity index (χ4n) is 0.453. The van der Waals surface area contributed by atoms with Crippen molar-refractivity contribution in [2.45, 2.75) is 0 Å². The molecule has 0 aliphatic heterocycles. The Kier molecular flexibility index (Phi) is 1.51. The van der Waals surface area contributed by atoms with Crippen LogP contribution in [0.1, 0.15) is 2.85 Å². The van der Waals surface area contributed by atoms with Crippen molar-refractivity contribution in [3.05, 3.63) is 30.3 Å². The molecule has 36 valence electrons. The lowest BCUT2D eigenvalue weighted by atomic mass is 10.4. The van der Waals surface area contributed by atoms with Crippen LogP contribution in [0.15, 0.2) is 30.3 Å². The standard InChI is InChI=1S/C6H5.Al.2H2/c1-2-4-6-5-3-1;;;/h1-5H;;2*1H. The summed E-state index contributed by atoms with van der Waals surface area (Å²) in [6.45, 7) is 0. The van der Waals surface area contributed by atoms with Crippen molar-refractivity contribution in [1.82, 2.24) is 0 Å². The molecule has 0 amide bonds. The van der Waals surface area contributed by atoms with Crippen molar-refractivity contribution in [2.24, 2.45) is 0 Å². The summed E-state index contributed by atoms with van der Waals surface area (Å²) >= 11 is 2.63. The normalized spacial score (nSPS) is 8.57. The lowest BCUT2D eigenvalue weighted by Crippen LogP contribution is -1.97. The van der Waals surface area contributed by atoms with Crippen LogP contribution in [0, 0.1) is 0 Å². The van der Waals surface area contributed by atoms with Crippen LogP contribution < -0.4 is 4.43 Å². The van der Waals surface area contributed by atoms with Crippen LogP contribution in [0.5, 0.6) is 0 Å². The Morgan fingerprint density at radius 1 is 1.14 bits per heavy atom. The van der Waals surface area contributed by atoms with E-state index in [0.29, 0.717) is 0 Å². The fraction of sp³-hybridized carbons (Fsp3) is 0. The van der Waals surface area contributed by atoms with Gasteiger partial charge in [-0.2, -0.15) is 0 Å². The number of benzene rings is 1. The van der Waals surface area contributed by atoms with Crippen LogP contribution in [-0.2, 0) is 0 Å². The Morgan fingerprint density at radius 2 is 1.71 bits per heavy atom. The molecule has 0 spiro atoms. The average Bonchev–Trinajstić information content (AvgIpc) is 1.69. The smallest absolute Gasteiger partial charge is 0.139 e. The van der Waals surface area contributed by atoms with E-state index < -0.39 is 0 Å². The van der Waals surface area contributed by atoms with Crippen molar-refractivity contribution in [3.8, 4) is 0 Å². The molecule has 0 heterocycles. The summed E-state index contributed by atoms with van der Waals surface area (Å²) in [6, 6.07) is 10.1. The topological polar surface area (TPSA) is 0 Å². The third-order valence-corrected chi connectivity index (χ3v) is 1.18. The van der Waals surface area contributed by atoms with Crippen molar-refractivity contribution in [3.63, 3.8) is 0 Å². The van der Waals surface area contributed by atoms with Gasteiger partial charge in [0.25, 0.3) is 0 Å². The zero-order chi connectivity index (χ0) is 5.11. The van der Waals surface area contributed by atoms with E-state index in [2.05, 4.69) is 16.3 Å². The van der Waals surface area contributed by atoms with Crippen LogP contribution in [0.25, 0.3) is 0 Å². The molecule has 1 heteroatoms. The van der Waals surface area contributed by atoms with Crippen LogP contribution >= 0.6 is 0 Å². The maximum Gasteiger partial charge on any atom is 0.175 e. The van der Waals surface area contributed by atoms with Crippen molar-refractivity contribution in [2.75, 3.05) is 0 Å². The minimum Gasteiger partial charge on any atom is -0.139 e. The highest BCUT2D eigenvalue weighted by atomic mass is 27.0. The molecule has 0 aromatic heterocycles. The molecule has 0 saturated carbocycles. The Balaban J connectivity index is 0. The van der Waals surface area contributed by atoms with E-state index in [1.807, 2.05) is 30.3 Å². The van der Waals surface area contributed by atoms with E-state index >= 15 is 0 Å². The van der Waals surface area contributed by atoms with E-state index in [-0.39, 0.29) is 2.85 Å². The van der Waals surface area contributed by atoms with Gasteiger partial charge >= 0.3 is 0 Å². The summed E-state index contributed by atoms with van der Waals surface area (Å²) in [6.07, 6.45) is 0. The Bertz CT molecular complexity index is 141. The molecule has 0 bridgehead atoms. The Labute approximate surface area is 54.6 Å². The SMILES string of the molecule is [Al][c]1ccccc1.[HH].[HH]. The molecule has 2 radical (unpaired) electrons. The fourth-order valence-corrected chi connectivity index (χ4v) is 0.675. The second-order valence-corrected chi connectivity index (χ2v) is 2.08. The summed E-state index contributed by atoms with van der Waals surface area (Å²) in [5, 5.41) is 0. The monoisotopic (exact) mass is 108 g/mol. The van der Waals surface area contributed by atoms with Gasteiger partial charge in [0, 0.05) is 2.85 Å². The summed E-state index contributed by atoms with van der Waals surface area (Å²) in [7, 11) is 0. The summed E-state index contributed by atoms with van der Waals surface area (Å²) in [5.74, 6) is 0. The molecule has 0 nitrogen and oxygen atoms in total. The third-order valence-electron chi connectivity index (χ3n) is 0.800. The van der Waals surface area contributed by atoms with Crippen molar-refractivity contribution >= 4 is 20.7 Å². The molecule has 0 fully saturated rings. The molecule has 0 unspecified atom stereocenters. The average molecular weight is 108 g/mol. The number of hydrogen-bond acceptors (Lipinski definition) is 0. The van der Waals surface area contributed by atoms with Gasteiger partial charge in [0.05, 0.1) is 0 Å². The van der Waals surface area contributed by atoms with Gasteiger partial charge in [0.2, 0.25) is 0 Å². The zero-order valence-electron chi connectivity index (χ0n) is 3.96. The molecule has 0 saturated heterocycles. The lowest BCUT2D eigenvalue weighted by molar-refractivity contribution is 1.78. The maximum atomic E-state index is 2.63. The largest absolute Gasteiger partial charge is 0.175 e. The van der Waals surface area contributed by atoms with Gasteiger partial charge < -0.3 is 0 Å². The minimum atomic E-state index is 0. The van der Waals surface area contributed by atoms with Gasteiger partial charge in [-0.25, -0.2) is 0 Å². The van der Waals surface area contributed by atoms with Crippen LogP contribution in [0.3, 0.4) is 0 Å². The molecule has 0 aliphatic carbocycles. The minimum absolute atomic E-state index is 0. The quantitative estimate of drug-likeness (QED) is 0.434. The first-order chi connectivity index (χ1) is 3.39. The molecule has 1 aromatic rings. The molecule has 0 atom stereocenters. The first kappa shape index (κ1) is 4.90. The van der Waals surface area contributed by atoms with Crippen LogP contribution in [-0.4, -0.2) is 16.3 Å². The highest BCUT2D eigenvalue weighted by molar-refractivity contribution is 6.32. The predicted octanol–water partition coefficient (Wildman–Crippen LogP) is 0.972. The molecule has 0 N–H and O–H groups in total. The number of rotatable bonds is 0. The predicted molar refractivity (Wildman–Crippen MR) is 36.1 cm³/mol. The van der Waals surface area contributed by atoms with Crippen molar-refractivity contribution in [1.29, 1.82) is 0 Å². The summed E-state index contributed by atoms with van der Waals surface area (Å²) in [5.41, 5.74) is 0. The van der Waals surface area contributed by atoms with E-state index in [4.69, 9.17) is 0 Å². The number of hydrogen-bond donors (Lipinski definition) is 0. The zero-order valence-corrected chi connectivity index (χ0v) is 5.12. The molecule has 1 aromatic carbocycles. The Hall–Kier alpha value is -0.248. The molecule has 7 heavy (non-hydrogen) atoms. The third kappa shape index (κ3) is 1.35. The van der Waals surface area contributed by atoms with Crippen LogP contribution in [0.4, 0.5) is 0 Å². The van der Waals surface area contributed by atoms with Gasteiger partial charge in [0.15, 0.2) is 16.3 Å². The second kappa shape index (κ2) is 2.16. The molecule has 1 rings (SSSR count). The molecule has 0 aliphatic rings. The summed E-state index contributed by atoms with van der Waals surface area (Å²) in [4.78, 5) is 0. The van der Waals surface area contributed by atoms with E-state index in [0.717, 1.165) is 0 Å². The van der Waals surface area contributed by atoms with Crippen LogP contribution in [0.2, 0.25) is 0 Å². The first-order valence-corrected chi connectivity index (χ1v) is 2.78. The highest BCUT2D eigenvalue weighted by Gasteiger charge is 1.71. The second-order valence-electron chi connectivity index (χ2n) is 1.41. The van der Waals surface area contributed by atoms with Gasteiger partial charge in [-0.1, -0.05) is 30.3 Å². The Morgan fingerprint density at radius 3 is 2.00 bits per heavy atom. The molecular formula is C6H9Al. The summed E-state index contributed by atoms with van der Waals surface area (Å²) < 4.78 is 1.24. The van der Waals surface area contributed by atoms with Gasteiger partial charge in [-0.3, -0.25) is 0 Å². The van der Waals surface area contributed by atoms with Gasteiger partial charge in [-0.05, 0) is 0 Å². The van der Waals surface area contributed by atoms with Gasteiger partial charge in [-0.15, -0.1) is 4.43 Å². The van der Waals surface area contributed by atoms with E-state index in [9.17, 15) is 0 Å². The van der Waals surface area contributed by atoms with Crippen molar-refractivity contribution < 1.29 is 2.85 Å². The van der Waals surface area contributed by atoms with Gasteiger partial charge in [0.1, 0.15) is 0 Å². The van der Waals surface area contributed by atoms with E-state index in [1.165, 1.54) is 4.43 Å². The lowest BCUT2D eigenvalue weighted by Gasteiger charge is -1.84. The first-order valence-electron chi connectivity index (χ1n) is 2.20. The van der Waals surface area contributed by atoms with E-state index in [1.54, 1.807) is 0 Å². The highest BCUT2D eigenvalue weighted by Crippen LogP contribution is 1.76.